The van der Waals surface area contributed by atoms with E-state index < -0.39 is 0 Å². The van der Waals surface area contributed by atoms with Gasteiger partial charge in [-0.05, 0) is 60.7 Å². The number of hydrogen-bond donors (Lipinski definition) is 4. The van der Waals surface area contributed by atoms with Gasteiger partial charge >= 0.3 is 0 Å². The molecule has 0 atom stereocenters. The SMILES string of the molecule is Cl.Cl.Nc1ccc2cc3ccc(N)cc3nc2c1.Nc1ccc2cc3ccc(N)cc3nc2c1.O. The molecule has 0 spiro atoms. The van der Waals surface area contributed by atoms with E-state index in [2.05, 4.69) is 22.1 Å². The van der Waals surface area contributed by atoms with Crippen LogP contribution in [0.3, 0.4) is 0 Å². The van der Waals surface area contributed by atoms with Gasteiger partial charge in [0.1, 0.15) is 0 Å². The maximum Gasteiger partial charge on any atom is 0.0730 e. The van der Waals surface area contributed by atoms with Crippen LogP contribution in [0.1, 0.15) is 0 Å². The van der Waals surface area contributed by atoms with E-state index in [-0.39, 0.29) is 30.3 Å². The predicted molar refractivity (Wildman–Crippen MR) is 154 cm³/mol. The Morgan fingerprint density at radius 3 is 0.829 bits per heavy atom. The number of nitrogens with two attached hydrogens (primary N) is 4. The number of hydrogen-bond acceptors (Lipinski definition) is 6. The molecule has 0 saturated carbocycles. The fourth-order valence-electron chi connectivity index (χ4n) is 3.71. The van der Waals surface area contributed by atoms with Gasteiger partial charge in [-0.2, -0.15) is 0 Å². The summed E-state index contributed by atoms with van der Waals surface area (Å²) in [5, 5.41) is 4.36. The summed E-state index contributed by atoms with van der Waals surface area (Å²) in [7, 11) is 0. The molecule has 180 valence electrons. The summed E-state index contributed by atoms with van der Waals surface area (Å²) < 4.78 is 0. The Morgan fingerprint density at radius 2 is 0.600 bits per heavy atom. The predicted octanol–water partition coefficient (Wildman–Crippen LogP) is 5.12. The fourth-order valence-corrected chi connectivity index (χ4v) is 3.71. The molecular formula is C26H26Cl2N6O. The molecule has 4 aromatic carbocycles. The Hall–Kier alpha value is -4.04. The second-order valence-corrected chi connectivity index (χ2v) is 7.79. The lowest BCUT2D eigenvalue weighted by Gasteiger charge is -2.03. The van der Waals surface area contributed by atoms with Crippen molar-refractivity contribution in [3.05, 3.63) is 84.9 Å². The summed E-state index contributed by atoms with van der Waals surface area (Å²) in [5.41, 5.74) is 29.4. The zero-order valence-corrected chi connectivity index (χ0v) is 20.2. The van der Waals surface area contributed by atoms with Crippen LogP contribution in [0.5, 0.6) is 0 Å². The van der Waals surface area contributed by atoms with Crippen molar-refractivity contribution in [3.8, 4) is 0 Å². The topological polar surface area (TPSA) is 161 Å². The number of nitrogens with zero attached hydrogens (tertiary/aromatic N) is 2. The molecule has 0 unspecified atom stereocenters. The molecule has 2 aromatic heterocycles. The molecule has 0 aliphatic heterocycles. The molecule has 0 saturated heterocycles. The van der Waals surface area contributed by atoms with Gasteiger partial charge in [0, 0.05) is 44.3 Å². The first-order chi connectivity index (χ1) is 15.4. The summed E-state index contributed by atoms with van der Waals surface area (Å²) in [6.07, 6.45) is 0. The summed E-state index contributed by atoms with van der Waals surface area (Å²) in [6, 6.07) is 27.1. The lowest BCUT2D eigenvalue weighted by molar-refractivity contribution is 0.824. The van der Waals surface area contributed by atoms with Crippen molar-refractivity contribution < 1.29 is 5.48 Å². The largest absolute Gasteiger partial charge is 0.412 e. The summed E-state index contributed by atoms with van der Waals surface area (Å²) >= 11 is 0. The van der Waals surface area contributed by atoms with Gasteiger partial charge in [-0.3, -0.25) is 0 Å². The van der Waals surface area contributed by atoms with E-state index in [1.54, 1.807) is 0 Å². The van der Waals surface area contributed by atoms with Gasteiger partial charge in [-0.25, -0.2) is 9.97 Å². The van der Waals surface area contributed by atoms with Crippen LogP contribution in [0.25, 0.3) is 43.6 Å². The highest BCUT2D eigenvalue weighted by Gasteiger charge is 2.01. The molecule has 6 rings (SSSR count). The number of nitrogen functional groups attached to an aromatic ring is 4. The highest BCUT2D eigenvalue weighted by molar-refractivity contribution is 5.95. The molecule has 2 heterocycles. The first kappa shape index (κ1) is 27.2. The highest BCUT2D eigenvalue weighted by atomic mass is 35.5. The van der Waals surface area contributed by atoms with E-state index in [1.165, 1.54) is 0 Å². The quantitative estimate of drug-likeness (QED) is 0.164. The zero-order chi connectivity index (χ0) is 22.2. The molecule has 9 heteroatoms. The highest BCUT2D eigenvalue weighted by Crippen LogP contribution is 2.24. The van der Waals surface area contributed by atoms with Crippen LogP contribution in [-0.4, -0.2) is 15.4 Å². The third-order valence-corrected chi connectivity index (χ3v) is 5.32. The number of anilines is 4. The van der Waals surface area contributed by atoms with Crippen molar-refractivity contribution in [1.29, 1.82) is 0 Å². The first-order valence-electron chi connectivity index (χ1n) is 10.2. The Bertz CT molecular complexity index is 1400. The number of halogens is 2. The van der Waals surface area contributed by atoms with Gasteiger partial charge in [-0.1, -0.05) is 24.3 Å². The van der Waals surface area contributed by atoms with Crippen LogP contribution in [0.2, 0.25) is 0 Å². The van der Waals surface area contributed by atoms with E-state index in [0.717, 1.165) is 66.4 Å². The maximum atomic E-state index is 5.73. The van der Waals surface area contributed by atoms with Crippen LogP contribution < -0.4 is 22.9 Å². The maximum absolute atomic E-state index is 5.73. The fraction of sp³-hybridized carbons (Fsp3) is 0. The molecule has 7 nitrogen and oxygen atoms in total. The minimum Gasteiger partial charge on any atom is -0.412 e. The van der Waals surface area contributed by atoms with Gasteiger partial charge in [0.15, 0.2) is 0 Å². The van der Waals surface area contributed by atoms with Gasteiger partial charge in [-0.15, -0.1) is 24.8 Å². The summed E-state index contributed by atoms with van der Waals surface area (Å²) in [4.78, 5) is 9.08. The summed E-state index contributed by atoms with van der Waals surface area (Å²) in [5.74, 6) is 0. The average molecular weight is 509 g/mol. The first-order valence-corrected chi connectivity index (χ1v) is 10.2. The Balaban J connectivity index is 0.000000227. The van der Waals surface area contributed by atoms with E-state index in [4.69, 9.17) is 22.9 Å². The molecule has 0 radical (unpaired) electrons. The van der Waals surface area contributed by atoms with Crippen LogP contribution in [-0.2, 0) is 0 Å². The van der Waals surface area contributed by atoms with Crippen LogP contribution in [0.4, 0.5) is 22.7 Å². The zero-order valence-electron chi connectivity index (χ0n) is 18.6. The third-order valence-electron chi connectivity index (χ3n) is 5.32. The van der Waals surface area contributed by atoms with Crippen molar-refractivity contribution in [2.45, 2.75) is 0 Å². The van der Waals surface area contributed by atoms with E-state index in [9.17, 15) is 0 Å². The normalized spacial score (nSPS) is 10.1. The van der Waals surface area contributed by atoms with Crippen molar-refractivity contribution in [3.63, 3.8) is 0 Å². The van der Waals surface area contributed by atoms with Crippen LogP contribution in [0.15, 0.2) is 84.9 Å². The molecule has 0 amide bonds. The number of aromatic nitrogens is 2. The van der Waals surface area contributed by atoms with Gasteiger partial charge in [0.25, 0.3) is 0 Å². The molecular weight excluding hydrogens is 483 g/mol. The third kappa shape index (κ3) is 5.73. The number of fused-ring (bicyclic) bond motifs is 4. The van der Waals surface area contributed by atoms with Gasteiger partial charge in [0.05, 0.1) is 22.1 Å². The smallest absolute Gasteiger partial charge is 0.0730 e. The monoisotopic (exact) mass is 508 g/mol. The van der Waals surface area contributed by atoms with Crippen LogP contribution >= 0.6 is 24.8 Å². The molecule has 0 bridgehead atoms. The van der Waals surface area contributed by atoms with Crippen molar-refractivity contribution in [2.75, 3.05) is 22.9 Å². The standard InChI is InChI=1S/2C13H11N3.2ClH.H2O/c2*14-10-3-1-8-5-9-2-4-11(15)7-13(9)16-12(8)6-10;;;/h2*1-7H,14-15H2;2*1H;1H2. The molecule has 0 aliphatic carbocycles. The second-order valence-electron chi connectivity index (χ2n) is 7.79. The van der Waals surface area contributed by atoms with Crippen LogP contribution in [0, 0.1) is 0 Å². The average Bonchev–Trinajstić information content (AvgIpc) is 2.77. The molecule has 6 aromatic rings. The second kappa shape index (κ2) is 10.9. The molecule has 10 N–H and O–H groups in total. The lowest BCUT2D eigenvalue weighted by atomic mass is 10.1. The van der Waals surface area contributed by atoms with E-state index in [0.29, 0.717) is 0 Å². The van der Waals surface area contributed by atoms with E-state index >= 15 is 0 Å². The molecule has 0 fully saturated rings. The Morgan fingerprint density at radius 1 is 0.371 bits per heavy atom. The number of pyridine rings is 2. The molecule has 0 aliphatic rings. The molecule has 35 heavy (non-hydrogen) atoms. The number of benzene rings is 4. The van der Waals surface area contributed by atoms with Crippen molar-refractivity contribution >= 4 is 91.2 Å². The minimum absolute atomic E-state index is 0. The van der Waals surface area contributed by atoms with Crippen molar-refractivity contribution in [2.24, 2.45) is 0 Å². The Labute approximate surface area is 214 Å². The summed E-state index contributed by atoms with van der Waals surface area (Å²) in [6.45, 7) is 0. The van der Waals surface area contributed by atoms with Crippen molar-refractivity contribution in [1.82, 2.24) is 9.97 Å². The van der Waals surface area contributed by atoms with Gasteiger partial charge < -0.3 is 28.4 Å². The Kier molecular flexibility index (Phi) is 8.49. The van der Waals surface area contributed by atoms with E-state index in [1.807, 2.05) is 72.8 Å². The lowest BCUT2D eigenvalue weighted by Crippen LogP contribution is -1.89. The van der Waals surface area contributed by atoms with Gasteiger partial charge in [0.2, 0.25) is 0 Å². The minimum atomic E-state index is 0. The number of rotatable bonds is 0.